The first kappa shape index (κ1) is 24.5. The van der Waals surface area contributed by atoms with E-state index in [1.165, 1.54) is 0 Å². The van der Waals surface area contributed by atoms with E-state index in [1.54, 1.807) is 18.0 Å². The molecule has 37 heavy (non-hydrogen) atoms. The number of aromatic amines is 1. The number of ether oxygens (including phenoxy) is 2. The summed E-state index contributed by atoms with van der Waals surface area (Å²) >= 11 is 6.51. The number of nitrogens with one attached hydrogen (secondary N) is 2. The molecule has 0 saturated heterocycles. The van der Waals surface area contributed by atoms with Crippen molar-refractivity contribution in [3.05, 3.63) is 102 Å². The van der Waals surface area contributed by atoms with Gasteiger partial charge in [0.15, 0.2) is 0 Å². The van der Waals surface area contributed by atoms with E-state index in [9.17, 15) is 4.79 Å². The number of fused-ring (bicyclic) bond motifs is 1. The molecule has 1 amide bonds. The Hall–Kier alpha value is -4.23. The number of nitrogens with zero attached hydrogens (tertiary/aromatic N) is 2. The van der Waals surface area contributed by atoms with Crippen LogP contribution in [-0.2, 0) is 11.3 Å². The van der Waals surface area contributed by atoms with Gasteiger partial charge in [0.05, 0.1) is 16.5 Å². The van der Waals surface area contributed by atoms with Gasteiger partial charge in [-0.25, -0.2) is 9.78 Å². The molecule has 3 heterocycles. The van der Waals surface area contributed by atoms with Gasteiger partial charge in [-0.1, -0.05) is 54.6 Å². The number of pyridine rings is 1. The molecule has 2 N–H and O–H groups in total. The second-order valence-corrected chi connectivity index (χ2v) is 9.25. The number of hydrogen-bond donors (Lipinski definition) is 2. The van der Waals surface area contributed by atoms with Gasteiger partial charge in [-0.15, -0.1) is 0 Å². The van der Waals surface area contributed by atoms with Gasteiger partial charge >= 0.3 is 6.09 Å². The van der Waals surface area contributed by atoms with Crippen LogP contribution < -0.4 is 10.1 Å². The minimum Gasteiger partial charge on any atom is -0.487 e. The summed E-state index contributed by atoms with van der Waals surface area (Å²) in [6.45, 7) is 6.79. The Kier molecular flexibility index (Phi) is 7.14. The van der Waals surface area contributed by atoms with Gasteiger partial charge < -0.3 is 24.7 Å². The highest BCUT2D eigenvalue weighted by Gasteiger charge is 2.20. The van der Waals surface area contributed by atoms with E-state index in [0.29, 0.717) is 42.6 Å². The molecule has 0 radical (unpaired) electrons. The van der Waals surface area contributed by atoms with Crippen LogP contribution in [0.3, 0.4) is 0 Å². The van der Waals surface area contributed by atoms with Gasteiger partial charge in [-0.05, 0) is 54.8 Å². The minimum absolute atomic E-state index is 0.372. The maximum atomic E-state index is 12.1. The lowest BCUT2D eigenvalue weighted by Crippen LogP contribution is -2.34. The molecular weight excluding hydrogens is 488 g/mol. The lowest BCUT2D eigenvalue weighted by molar-refractivity contribution is 0.133. The third kappa shape index (κ3) is 5.78. The maximum Gasteiger partial charge on any atom is 0.415 e. The van der Waals surface area contributed by atoms with E-state index in [1.807, 2.05) is 60.7 Å². The van der Waals surface area contributed by atoms with Crippen molar-refractivity contribution in [2.75, 3.05) is 18.4 Å². The second kappa shape index (κ2) is 10.8. The number of allylic oxidation sites excluding steroid dienone is 1. The molecule has 8 heteroatoms. The minimum atomic E-state index is -0.372. The van der Waals surface area contributed by atoms with Gasteiger partial charge in [0.2, 0.25) is 0 Å². The van der Waals surface area contributed by atoms with E-state index >= 15 is 0 Å². The lowest BCUT2D eigenvalue weighted by Gasteiger charge is -2.25. The Morgan fingerprint density at radius 3 is 2.76 bits per heavy atom. The van der Waals surface area contributed by atoms with Crippen LogP contribution >= 0.6 is 11.6 Å². The smallest absolute Gasteiger partial charge is 0.415 e. The average molecular weight is 515 g/mol. The first-order chi connectivity index (χ1) is 18.0. The van der Waals surface area contributed by atoms with Crippen molar-refractivity contribution in [3.63, 3.8) is 0 Å². The Morgan fingerprint density at radius 2 is 2.03 bits per heavy atom. The van der Waals surface area contributed by atoms with Crippen LogP contribution in [0.25, 0.3) is 16.6 Å². The molecule has 5 rings (SSSR count). The van der Waals surface area contributed by atoms with E-state index in [0.717, 1.165) is 39.2 Å². The summed E-state index contributed by atoms with van der Waals surface area (Å²) in [6, 6.07) is 19.6. The molecule has 4 aromatic rings. The normalized spacial score (nSPS) is 13.2. The summed E-state index contributed by atoms with van der Waals surface area (Å²) in [5, 5.41) is 4.94. The lowest BCUT2D eigenvalue weighted by atomic mass is 10.1. The Labute approximate surface area is 220 Å². The van der Waals surface area contributed by atoms with Gasteiger partial charge in [-0.2, -0.15) is 0 Å². The van der Waals surface area contributed by atoms with E-state index in [4.69, 9.17) is 21.1 Å². The molecule has 2 aromatic carbocycles. The summed E-state index contributed by atoms with van der Waals surface area (Å²) in [6.07, 6.45) is 4.13. The summed E-state index contributed by atoms with van der Waals surface area (Å²) in [4.78, 5) is 21.7. The fourth-order valence-electron chi connectivity index (χ4n) is 4.19. The summed E-state index contributed by atoms with van der Waals surface area (Å²) in [7, 11) is 0. The highest BCUT2D eigenvalue weighted by molar-refractivity contribution is 6.32. The van der Waals surface area contributed by atoms with Gasteiger partial charge in [-0.3, -0.25) is 0 Å². The molecular formula is C29H27ClN4O3. The molecule has 0 fully saturated rings. The third-order valence-corrected chi connectivity index (χ3v) is 6.35. The molecule has 0 saturated carbocycles. The molecule has 0 atom stereocenters. The van der Waals surface area contributed by atoms with Crippen molar-refractivity contribution in [3.8, 4) is 5.75 Å². The number of rotatable bonds is 7. The zero-order valence-electron chi connectivity index (χ0n) is 20.5. The molecule has 7 nitrogen and oxygen atoms in total. The highest BCUT2D eigenvalue weighted by Crippen LogP contribution is 2.33. The number of H-pyrrole nitrogens is 1. The number of carbonyl (C=O) groups excluding carboxylic acids is 1. The van der Waals surface area contributed by atoms with E-state index in [-0.39, 0.29) is 6.09 Å². The number of benzene rings is 2. The van der Waals surface area contributed by atoms with Gasteiger partial charge in [0.25, 0.3) is 0 Å². The average Bonchev–Trinajstić information content (AvgIpc) is 3.34. The number of anilines is 2. The first-order valence-electron chi connectivity index (χ1n) is 12.0. The number of hydrogen-bond acceptors (Lipinski definition) is 5. The standard InChI is InChI=1S/C29H27ClN4O3/c1-19(2)37-29(35)34-14-11-21(12-15-34)26-17-23-25(10-13-31-28(23)33-26)32-22-8-9-27(24(30)16-22)36-18-20-6-4-3-5-7-20/h3-11,13,16-17H,1,12,14-15,18H2,2H3,(H2,31,32,33). The molecule has 2 aromatic heterocycles. The van der Waals surface area contributed by atoms with Crippen molar-refractivity contribution in [1.29, 1.82) is 0 Å². The molecule has 0 unspecified atom stereocenters. The molecule has 1 aliphatic rings. The van der Waals surface area contributed by atoms with Crippen LogP contribution in [-0.4, -0.2) is 34.1 Å². The zero-order chi connectivity index (χ0) is 25.8. The Bertz CT molecular complexity index is 1480. The van der Waals surface area contributed by atoms with Crippen LogP contribution in [0.15, 0.2) is 85.3 Å². The van der Waals surface area contributed by atoms with Crippen molar-refractivity contribution >= 4 is 45.7 Å². The number of carbonyl (C=O) groups is 1. The molecule has 188 valence electrons. The van der Waals surface area contributed by atoms with Crippen molar-refractivity contribution < 1.29 is 14.3 Å². The van der Waals surface area contributed by atoms with Crippen LogP contribution in [0.2, 0.25) is 5.02 Å². The van der Waals surface area contributed by atoms with Crippen molar-refractivity contribution in [1.82, 2.24) is 14.9 Å². The van der Waals surface area contributed by atoms with Gasteiger partial charge in [0.1, 0.15) is 18.0 Å². The number of halogens is 1. The topological polar surface area (TPSA) is 79.5 Å². The first-order valence-corrected chi connectivity index (χ1v) is 12.4. The predicted octanol–water partition coefficient (Wildman–Crippen LogP) is 7.30. The third-order valence-electron chi connectivity index (χ3n) is 6.05. The second-order valence-electron chi connectivity index (χ2n) is 8.84. The zero-order valence-corrected chi connectivity index (χ0v) is 21.2. The fourth-order valence-corrected chi connectivity index (χ4v) is 4.42. The molecule has 1 aliphatic heterocycles. The summed E-state index contributed by atoms with van der Waals surface area (Å²) in [5.74, 6) is 1.02. The van der Waals surface area contributed by atoms with Crippen LogP contribution in [0.1, 0.15) is 24.6 Å². The Morgan fingerprint density at radius 1 is 1.19 bits per heavy atom. The predicted molar refractivity (Wildman–Crippen MR) is 147 cm³/mol. The molecule has 0 aliphatic carbocycles. The summed E-state index contributed by atoms with van der Waals surface area (Å²) < 4.78 is 11.0. The summed E-state index contributed by atoms with van der Waals surface area (Å²) in [5.41, 5.74) is 5.72. The molecule has 0 bridgehead atoms. The Balaban J connectivity index is 1.29. The van der Waals surface area contributed by atoms with E-state index < -0.39 is 0 Å². The number of amides is 1. The van der Waals surface area contributed by atoms with Gasteiger partial charge in [0, 0.05) is 36.1 Å². The van der Waals surface area contributed by atoms with Crippen LogP contribution in [0.5, 0.6) is 5.75 Å². The maximum absolute atomic E-state index is 12.1. The molecule has 0 spiro atoms. The monoisotopic (exact) mass is 514 g/mol. The highest BCUT2D eigenvalue weighted by atomic mass is 35.5. The number of aromatic nitrogens is 2. The van der Waals surface area contributed by atoms with Crippen molar-refractivity contribution in [2.24, 2.45) is 0 Å². The quantitative estimate of drug-likeness (QED) is 0.253. The van der Waals surface area contributed by atoms with Crippen LogP contribution in [0.4, 0.5) is 16.2 Å². The SMILES string of the molecule is C=C(C)OC(=O)N1CC=C(c2cc3c(Nc4ccc(OCc5ccccc5)c(Cl)c4)ccnc3[nH]2)CC1. The fraction of sp³-hybridized carbons (Fsp3) is 0.172. The van der Waals surface area contributed by atoms with E-state index in [2.05, 4.69) is 27.9 Å². The van der Waals surface area contributed by atoms with Crippen molar-refractivity contribution in [2.45, 2.75) is 20.0 Å². The van der Waals surface area contributed by atoms with Crippen LogP contribution in [0, 0.1) is 0 Å². The largest absolute Gasteiger partial charge is 0.487 e.